The van der Waals surface area contributed by atoms with Gasteiger partial charge in [-0.15, -0.1) is 10.2 Å². The zero-order chi connectivity index (χ0) is 17.8. The topological polar surface area (TPSA) is 60.2 Å². The highest BCUT2D eigenvalue weighted by Crippen LogP contribution is 2.28. The lowest BCUT2D eigenvalue weighted by Crippen LogP contribution is -2.39. The molecule has 25 heavy (non-hydrogen) atoms. The number of amides is 1. The van der Waals surface area contributed by atoms with Gasteiger partial charge in [-0.3, -0.25) is 4.79 Å². The van der Waals surface area contributed by atoms with Crippen LogP contribution in [0.2, 0.25) is 0 Å². The Morgan fingerprint density at radius 2 is 2.00 bits per heavy atom. The Hall–Kier alpha value is -2.37. The highest BCUT2D eigenvalue weighted by molar-refractivity contribution is 5.79. The molecule has 6 nitrogen and oxygen atoms in total. The lowest BCUT2D eigenvalue weighted by atomic mass is 9.95. The number of carbonyl (C=O) groups excluding carboxylic acids is 1. The van der Waals surface area contributed by atoms with Crippen molar-refractivity contribution in [1.29, 1.82) is 0 Å². The van der Waals surface area contributed by atoms with Gasteiger partial charge in [0.15, 0.2) is 0 Å². The van der Waals surface area contributed by atoms with Crippen molar-refractivity contribution in [3.63, 3.8) is 0 Å². The summed E-state index contributed by atoms with van der Waals surface area (Å²) in [6, 6.07) is 8.07. The van der Waals surface area contributed by atoms with Crippen LogP contribution >= 0.6 is 0 Å². The van der Waals surface area contributed by atoms with Crippen LogP contribution in [0.3, 0.4) is 0 Å². The molecule has 1 aromatic carbocycles. The van der Waals surface area contributed by atoms with E-state index >= 15 is 0 Å². The van der Waals surface area contributed by atoms with Gasteiger partial charge >= 0.3 is 0 Å². The summed E-state index contributed by atoms with van der Waals surface area (Å²) in [4.78, 5) is 14.6. The van der Waals surface area contributed by atoms with Crippen molar-refractivity contribution >= 4 is 5.91 Å². The first-order chi connectivity index (χ1) is 12.1. The standard InChI is InChI=1S/C19H26N4O2/c1-14(2)23-13-20-21-19(23)15-8-10-22(11-9-15)18(24)12-16-6-4-5-7-17(16)25-3/h4-7,13-15H,8-12H2,1-3H3. The molecule has 0 aliphatic carbocycles. The van der Waals surface area contributed by atoms with Crippen LogP contribution in [0.4, 0.5) is 0 Å². The van der Waals surface area contributed by atoms with E-state index < -0.39 is 0 Å². The number of aromatic nitrogens is 3. The summed E-state index contributed by atoms with van der Waals surface area (Å²) in [5.74, 6) is 2.36. The van der Waals surface area contributed by atoms with E-state index in [1.54, 1.807) is 13.4 Å². The fraction of sp³-hybridized carbons (Fsp3) is 0.526. The highest BCUT2D eigenvalue weighted by atomic mass is 16.5. The molecule has 1 aliphatic heterocycles. The number of para-hydroxylation sites is 1. The zero-order valence-corrected chi connectivity index (χ0v) is 15.2. The van der Waals surface area contributed by atoms with Gasteiger partial charge in [0.1, 0.15) is 17.9 Å². The van der Waals surface area contributed by atoms with Crippen LogP contribution in [0, 0.1) is 0 Å². The molecule has 0 bridgehead atoms. The number of methoxy groups -OCH3 is 1. The fourth-order valence-electron chi connectivity index (χ4n) is 3.45. The molecule has 1 amide bonds. The average molecular weight is 342 g/mol. The molecule has 0 unspecified atom stereocenters. The van der Waals surface area contributed by atoms with Gasteiger partial charge in [0, 0.05) is 30.6 Å². The van der Waals surface area contributed by atoms with Crippen LogP contribution in [-0.4, -0.2) is 45.8 Å². The quantitative estimate of drug-likeness (QED) is 0.838. The van der Waals surface area contributed by atoms with Crippen LogP contribution in [0.1, 0.15) is 50.0 Å². The summed E-state index contributed by atoms with van der Waals surface area (Å²) in [6.07, 6.45) is 4.06. The van der Waals surface area contributed by atoms with Crippen molar-refractivity contribution in [2.75, 3.05) is 20.2 Å². The predicted molar refractivity (Wildman–Crippen MR) is 95.7 cm³/mol. The van der Waals surface area contributed by atoms with Crippen molar-refractivity contribution in [2.45, 2.75) is 45.1 Å². The minimum absolute atomic E-state index is 0.160. The highest BCUT2D eigenvalue weighted by Gasteiger charge is 2.27. The minimum atomic E-state index is 0.160. The molecule has 6 heteroatoms. The average Bonchev–Trinajstić information content (AvgIpc) is 3.12. The van der Waals surface area contributed by atoms with Gasteiger partial charge in [-0.25, -0.2) is 0 Å². The number of ether oxygens (including phenoxy) is 1. The van der Waals surface area contributed by atoms with E-state index in [1.165, 1.54) is 0 Å². The van der Waals surface area contributed by atoms with E-state index in [-0.39, 0.29) is 5.91 Å². The maximum atomic E-state index is 12.6. The summed E-state index contributed by atoms with van der Waals surface area (Å²) in [6.45, 7) is 5.81. The molecule has 1 fully saturated rings. The third-order valence-corrected chi connectivity index (χ3v) is 4.90. The predicted octanol–water partition coefficient (Wildman–Crippen LogP) is 2.82. The first-order valence-electron chi connectivity index (χ1n) is 8.89. The van der Waals surface area contributed by atoms with Crippen molar-refractivity contribution in [3.05, 3.63) is 42.0 Å². The molecular formula is C19H26N4O2. The van der Waals surface area contributed by atoms with E-state index in [4.69, 9.17) is 4.74 Å². The molecule has 134 valence electrons. The van der Waals surface area contributed by atoms with E-state index in [0.717, 1.165) is 43.1 Å². The van der Waals surface area contributed by atoms with Crippen molar-refractivity contribution < 1.29 is 9.53 Å². The smallest absolute Gasteiger partial charge is 0.227 e. The Labute approximate surface area is 148 Å². The molecule has 1 saturated heterocycles. The van der Waals surface area contributed by atoms with Crippen molar-refractivity contribution in [3.8, 4) is 5.75 Å². The SMILES string of the molecule is COc1ccccc1CC(=O)N1CCC(c2nncn2C(C)C)CC1. The molecule has 0 N–H and O–H groups in total. The molecule has 2 aromatic rings. The number of benzene rings is 1. The van der Waals surface area contributed by atoms with Crippen LogP contribution in [0.15, 0.2) is 30.6 Å². The Morgan fingerprint density at radius 3 is 2.68 bits per heavy atom. The van der Waals surface area contributed by atoms with Gasteiger partial charge in [-0.05, 0) is 32.8 Å². The second kappa shape index (κ2) is 7.68. The van der Waals surface area contributed by atoms with Crippen LogP contribution in [-0.2, 0) is 11.2 Å². The third-order valence-electron chi connectivity index (χ3n) is 4.90. The van der Waals surface area contributed by atoms with Crippen LogP contribution in [0.5, 0.6) is 5.75 Å². The second-order valence-corrected chi connectivity index (χ2v) is 6.83. The Bertz CT molecular complexity index is 718. The second-order valence-electron chi connectivity index (χ2n) is 6.83. The number of rotatable bonds is 5. The van der Waals surface area contributed by atoms with Gasteiger partial charge in [-0.1, -0.05) is 18.2 Å². The Kier molecular flexibility index (Phi) is 5.36. The van der Waals surface area contributed by atoms with Gasteiger partial charge in [0.2, 0.25) is 5.91 Å². The molecule has 0 spiro atoms. The normalized spacial score (nSPS) is 15.6. The van der Waals surface area contributed by atoms with Crippen molar-refractivity contribution in [2.24, 2.45) is 0 Å². The van der Waals surface area contributed by atoms with Gasteiger partial charge in [-0.2, -0.15) is 0 Å². The molecule has 0 saturated carbocycles. The number of hydrogen-bond acceptors (Lipinski definition) is 4. The molecular weight excluding hydrogens is 316 g/mol. The Balaban J connectivity index is 1.60. The minimum Gasteiger partial charge on any atom is -0.496 e. The van der Waals surface area contributed by atoms with E-state index in [1.807, 2.05) is 29.2 Å². The number of nitrogens with zero attached hydrogens (tertiary/aromatic N) is 4. The number of carbonyl (C=O) groups is 1. The fourth-order valence-corrected chi connectivity index (χ4v) is 3.45. The maximum absolute atomic E-state index is 12.6. The molecule has 2 heterocycles. The zero-order valence-electron chi connectivity index (χ0n) is 15.2. The van der Waals surface area contributed by atoms with E-state index in [9.17, 15) is 4.79 Å². The first-order valence-corrected chi connectivity index (χ1v) is 8.89. The summed E-state index contributed by atoms with van der Waals surface area (Å²) in [7, 11) is 1.64. The summed E-state index contributed by atoms with van der Waals surface area (Å²) >= 11 is 0. The number of piperidine rings is 1. The molecule has 3 rings (SSSR count). The summed E-state index contributed by atoms with van der Waals surface area (Å²) < 4.78 is 7.48. The summed E-state index contributed by atoms with van der Waals surface area (Å²) in [5, 5.41) is 8.38. The van der Waals surface area contributed by atoms with Crippen LogP contribution in [0.25, 0.3) is 0 Å². The lowest BCUT2D eigenvalue weighted by molar-refractivity contribution is -0.131. The molecule has 0 radical (unpaired) electrons. The monoisotopic (exact) mass is 342 g/mol. The van der Waals surface area contributed by atoms with Crippen molar-refractivity contribution in [1.82, 2.24) is 19.7 Å². The maximum Gasteiger partial charge on any atom is 0.227 e. The third kappa shape index (κ3) is 3.83. The summed E-state index contributed by atoms with van der Waals surface area (Å²) in [5.41, 5.74) is 0.941. The van der Waals surface area contributed by atoms with E-state index in [2.05, 4.69) is 28.6 Å². The molecule has 1 aromatic heterocycles. The molecule has 1 aliphatic rings. The van der Waals surface area contributed by atoms with Gasteiger partial charge in [0.25, 0.3) is 0 Å². The van der Waals surface area contributed by atoms with E-state index in [0.29, 0.717) is 18.4 Å². The van der Waals surface area contributed by atoms with Gasteiger partial charge < -0.3 is 14.2 Å². The first kappa shape index (κ1) is 17.5. The lowest BCUT2D eigenvalue weighted by Gasteiger charge is -2.32. The molecule has 0 atom stereocenters. The number of likely N-dealkylation sites (tertiary alicyclic amines) is 1. The number of hydrogen-bond donors (Lipinski definition) is 0. The van der Waals surface area contributed by atoms with Crippen LogP contribution < -0.4 is 4.74 Å². The Morgan fingerprint density at radius 1 is 1.28 bits per heavy atom. The largest absolute Gasteiger partial charge is 0.496 e. The van der Waals surface area contributed by atoms with Gasteiger partial charge in [0.05, 0.1) is 13.5 Å².